The van der Waals surface area contributed by atoms with Crippen LogP contribution in [0.3, 0.4) is 0 Å². The Balaban J connectivity index is 1.99. The second-order valence-electron chi connectivity index (χ2n) is 6.13. The third kappa shape index (κ3) is 6.19. The average molecular weight is 438 g/mol. The van der Waals surface area contributed by atoms with Gasteiger partial charge in [-0.05, 0) is 50.2 Å². The quantitative estimate of drug-likeness (QED) is 0.571. The number of hydrogen-bond acceptors (Lipinski definition) is 6. The van der Waals surface area contributed by atoms with Gasteiger partial charge in [-0.3, -0.25) is 4.79 Å². The van der Waals surface area contributed by atoms with Crippen LogP contribution in [-0.4, -0.2) is 48.6 Å². The summed E-state index contributed by atoms with van der Waals surface area (Å²) < 4.78 is 31.8. The molecule has 0 radical (unpaired) electrons. The number of nitrogens with one attached hydrogen (secondary N) is 1. The number of carbonyl (C=O) groups is 1. The first-order chi connectivity index (χ1) is 13.8. The lowest BCUT2D eigenvalue weighted by Gasteiger charge is -2.18. The molecule has 0 aliphatic carbocycles. The van der Waals surface area contributed by atoms with Gasteiger partial charge in [-0.15, -0.1) is 0 Å². The predicted molar refractivity (Wildman–Crippen MR) is 116 cm³/mol. The largest absolute Gasteiger partial charge is 0.494 e. The van der Waals surface area contributed by atoms with Crippen molar-refractivity contribution in [1.29, 1.82) is 0 Å². The number of benzene rings is 1. The number of amides is 1. The number of ether oxygens (including phenoxy) is 1. The maximum atomic E-state index is 12.5. The van der Waals surface area contributed by atoms with E-state index in [1.165, 1.54) is 28.3 Å². The Kier molecular flexibility index (Phi) is 8.48. The zero-order valence-corrected chi connectivity index (χ0v) is 18.7. The number of anilines is 1. The van der Waals surface area contributed by atoms with E-state index in [1.807, 2.05) is 6.92 Å². The Morgan fingerprint density at radius 2 is 1.79 bits per heavy atom. The minimum absolute atomic E-state index is 0.150. The summed E-state index contributed by atoms with van der Waals surface area (Å²) in [7, 11) is -3.54. The molecule has 9 heteroatoms. The highest BCUT2D eigenvalue weighted by Gasteiger charge is 2.22. The fraction of sp³-hybridized carbons (Fsp3) is 0.400. The first-order valence-corrected chi connectivity index (χ1v) is 11.8. The van der Waals surface area contributed by atoms with E-state index in [0.717, 1.165) is 5.75 Å². The van der Waals surface area contributed by atoms with Crippen LogP contribution in [0.25, 0.3) is 0 Å². The summed E-state index contributed by atoms with van der Waals surface area (Å²) >= 11 is 1.27. The number of thioether (sulfide) groups is 1. The molecule has 1 unspecified atom stereocenters. The number of rotatable bonds is 10. The van der Waals surface area contributed by atoms with Crippen LogP contribution in [0.1, 0.15) is 27.7 Å². The van der Waals surface area contributed by atoms with E-state index in [2.05, 4.69) is 10.3 Å². The third-order valence-corrected chi connectivity index (χ3v) is 7.24. The van der Waals surface area contributed by atoms with E-state index >= 15 is 0 Å². The standard InChI is InChI=1S/C20H27N3O4S2/c1-5-23(6-2)29(25,26)18-12-13-19(21-14-18)28-15(4)20(24)22-16-8-10-17(11-9-16)27-7-3/h8-15H,5-7H2,1-4H3,(H,22,24). The second-order valence-corrected chi connectivity index (χ2v) is 9.43. The maximum Gasteiger partial charge on any atom is 0.244 e. The van der Waals surface area contributed by atoms with Crippen molar-refractivity contribution in [2.75, 3.05) is 25.0 Å². The summed E-state index contributed by atoms with van der Waals surface area (Å²) in [5.41, 5.74) is 0.680. The molecule has 158 valence electrons. The fourth-order valence-corrected chi connectivity index (χ4v) is 4.77. The van der Waals surface area contributed by atoms with Crippen LogP contribution in [0.2, 0.25) is 0 Å². The van der Waals surface area contributed by atoms with Gasteiger partial charge in [0.05, 0.1) is 16.9 Å². The molecular weight excluding hydrogens is 410 g/mol. The molecule has 1 amide bonds. The van der Waals surface area contributed by atoms with Gasteiger partial charge >= 0.3 is 0 Å². The zero-order valence-electron chi connectivity index (χ0n) is 17.1. The topological polar surface area (TPSA) is 88.6 Å². The smallest absolute Gasteiger partial charge is 0.244 e. The van der Waals surface area contributed by atoms with Crippen LogP contribution in [0.15, 0.2) is 52.5 Å². The Morgan fingerprint density at radius 3 is 2.31 bits per heavy atom. The summed E-state index contributed by atoms with van der Waals surface area (Å²) in [6, 6.07) is 10.3. The summed E-state index contributed by atoms with van der Waals surface area (Å²) in [6.45, 7) is 8.66. The number of nitrogens with zero attached hydrogens (tertiary/aromatic N) is 2. The van der Waals surface area contributed by atoms with Crippen LogP contribution in [0, 0.1) is 0 Å². The van der Waals surface area contributed by atoms with Crippen molar-refractivity contribution < 1.29 is 17.9 Å². The van der Waals surface area contributed by atoms with Gasteiger partial charge in [0.15, 0.2) is 0 Å². The zero-order chi connectivity index (χ0) is 21.4. The van der Waals surface area contributed by atoms with Gasteiger partial charge in [0, 0.05) is 25.0 Å². The molecule has 7 nitrogen and oxygen atoms in total. The summed E-state index contributed by atoms with van der Waals surface area (Å²) in [5.74, 6) is 0.581. The van der Waals surface area contributed by atoms with Crippen molar-refractivity contribution in [2.24, 2.45) is 0 Å². The molecule has 0 fully saturated rings. The molecule has 0 aliphatic rings. The van der Waals surface area contributed by atoms with Crippen molar-refractivity contribution in [3.8, 4) is 5.75 Å². The van der Waals surface area contributed by atoms with Gasteiger partial charge < -0.3 is 10.1 Å². The molecule has 1 atom stereocenters. The Hall–Kier alpha value is -2.10. The van der Waals surface area contributed by atoms with E-state index in [-0.39, 0.29) is 10.8 Å². The number of hydrogen-bond donors (Lipinski definition) is 1. The summed E-state index contributed by atoms with van der Waals surface area (Å²) in [4.78, 5) is 16.8. The van der Waals surface area contributed by atoms with E-state index in [1.54, 1.807) is 51.1 Å². The van der Waals surface area contributed by atoms with Crippen LogP contribution in [0.5, 0.6) is 5.75 Å². The average Bonchev–Trinajstić information content (AvgIpc) is 2.70. The van der Waals surface area contributed by atoms with E-state index in [0.29, 0.717) is 30.4 Å². The van der Waals surface area contributed by atoms with Crippen LogP contribution in [0.4, 0.5) is 5.69 Å². The van der Waals surface area contributed by atoms with E-state index in [9.17, 15) is 13.2 Å². The number of carbonyl (C=O) groups excluding carboxylic acids is 1. The van der Waals surface area contributed by atoms with Gasteiger partial charge in [-0.2, -0.15) is 4.31 Å². The van der Waals surface area contributed by atoms with Gasteiger partial charge in [0.25, 0.3) is 0 Å². The van der Waals surface area contributed by atoms with Gasteiger partial charge in [-0.25, -0.2) is 13.4 Å². The SMILES string of the molecule is CCOc1ccc(NC(=O)C(C)Sc2ccc(S(=O)(=O)N(CC)CC)cn2)cc1. The molecule has 1 heterocycles. The van der Waals surface area contributed by atoms with Gasteiger partial charge in [0.2, 0.25) is 15.9 Å². The molecular formula is C20H27N3O4S2. The lowest BCUT2D eigenvalue weighted by molar-refractivity contribution is -0.115. The van der Waals surface area contributed by atoms with E-state index in [4.69, 9.17) is 4.74 Å². The minimum Gasteiger partial charge on any atom is -0.494 e. The number of sulfonamides is 1. The van der Waals surface area contributed by atoms with E-state index < -0.39 is 15.3 Å². The predicted octanol–water partition coefficient (Wildman–Crippen LogP) is 3.63. The Labute approximate surface area is 176 Å². The van der Waals surface area contributed by atoms with Crippen LogP contribution < -0.4 is 10.1 Å². The lowest BCUT2D eigenvalue weighted by atomic mass is 10.3. The molecule has 2 rings (SSSR count). The highest BCUT2D eigenvalue weighted by molar-refractivity contribution is 8.00. The maximum absolute atomic E-state index is 12.5. The Morgan fingerprint density at radius 1 is 1.14 bits per heavy atom. The molecule has 2 aromatic rings. The van der Waals surface area contributed by atoms with Gasteiger partial charge in [0.1, 0.15) is 10.6 Å². The van der Waals surface area contributed by atoms with Crippen molar-refractivity contribution in [3.05, 3.63) is 42.6 Å². The van der Waals surface area contributed by atoms with Crippen molar-refractivity contribution >= 4 is 33.4 Å². The second kappa shape index (κ2) is 10.6. The van der Waals surface area contributed by atoms with Crippen molar-refractivity contribution in [2.45, 2.75) is 42.9 Å². The molecule has 0 aliphatic heterocycles. The molecule has 1 aromatic heterocycles. The highest BCUT2D eigenvalue weighted by atomic mass is 32.2. The van der Waals surface area contributed by atoms with Crippen LogP contribution >= 0.6 is 11.8 Å². The third-order valence-electron chi connectivity index (χ3n) is 4.15. The van der Waals surface area contributed by atoms with Crippen molar-refractivity contribution in [1.82, 2.24) is 9.29 Å². The molecule has 29 heavy (non-hydrogen) atoms. The molecule has 0 saturated carbocycles. The molecule has 0 saturated heterocycles. The number of aromatic nitrogens is 1. The number of pyridine rings is 1. The normalized spacial score (nSPS) is 12.6. The van der Waals surface area contributed by atoms with Gasteiger partial charge in [-0.1, -0.05) is 25.6 Å². The monoisotopic (exact) mass is 437 g/mol. The minimum atomic E-state index is -3.54. The summed E-state index contributed by atoms with van der Waals surface area (Å²) in [5, 5.41) is 3.03. The van der Waals surface area contributed by atoms with Crippen LogP contribution in [-0.2, 0) is 14.8 Å². The molecule has 0 bridgehead atoms. The van der Waals surface area contributed by atoms with Crippen molar-refractivity contribution in [3.63, 3.8) is 0 Å². The highest BCUT2D eigenvalue weighted by Crippen LogP contribution is 2.24. The Bertz CT molecular complexity index is 896. The summed E-state index contributed by atoms with van der Waals surface area (Å²) in [6.07, 6.45) is 1.34. The first kappa shape index (κ1) is 23.2. The first-order valence-electron chi connectivity index (χ1n) is 9.48. The lowest BCUT2D eigenvalue weighted by Crippen LogP contribution is -2.30. The fourth-order valence-electron chi connectivity index (χ4n) is 2.58. The molecule has 0 spiro atoms. The molecule has 1 N–H and O–H groups in total. The molecule has 1 aromatic carbocycles.